The van der Waals surface area contributed by atoms with Gasteiger partial charge in [-0.3, -0.25) is 4.79 Å². The summed E-state index contributed by atoms with van der Waals surface area (Å²) in [4.78, 5) is 16.1. The van der Waals surface area contributed by atoms with Crippen molar-refractivity contribution >= 4 is 17.7 Å². The zero-order chi connectivity index (χ0) is 18.2. The number of likely N-dealkylation sites (N-methyl/N-ethyl adjacent to an activating group) is 1. The van der Waals surface area contributed by atoms with E-state index < -0.39 is 0 Å². The first-order valence-electron chi connectivity index (χ1n) is 8.17. The van der Waals surface area contributed by atoms with Gasteiger partial charge in [-0.25, -0.2) is 0 Å². The van der Waals surface area contributed by atoms with E-state index in [1.165, 1.54) is 12.2 Å². The van der Waals surface area contributed by atoms with Crippen molar-refractivity contribution in [2.24, 2.45) is 0 Å². The number of methoxy groups -OCH3 is 2. The smallest absolute Gasteiger partial charge is 0.246 e. The summed E-state index contributed by atoms with van der Waals surface area (Å²) in [7, 11) is 5.22. The fraction of sp³-hybridized carbons (Fsp3) is 0.368. The van der Waals surface area contributed by atoms with E-state index in [-0.39, 0.29) is 11.6 Å². The molecule has 0 unspecified atom stereocenters. The van der Waals surface area contributed by atoms with Crippen LogP contribution in [0.4, 0.5) is 0 Å². The van der Waals surface area contributed by atoms with E-state index in [0.29, 0.717) is 11.5 Å². The van der Waals surface area contributed by atoms with Gasteiger partial charge in [-0.2, -0.15) is 0 Å². The second-order valence-electron chi connectivity index (χ2n) is 5.86. The Bertz CT molecular complexity index is 674. The van der Waals surface area contributed by atoms with Gasteiger partial charge in [-0.05, 0) is 36.9 Å². The number of hydrogen-bond acceptors (Lipinski definition) is 5. The lowest BCUT2D eigenvalue weighted by Gasteiger charge is -2.31. The highest BCUT2D eigenvalue weighted by Crippen LogP contribution is 2.27. The van der Waals surface area contributed by atoms with Crippen molar-refractivity contribution in [2.75, 3.05) is 47.4 Å². The van der Waals surface area contributed by atoms with Crippen LogP contribution in [0.2, 0.25) is 0 Å². The molecule has 1 fully saturated rings. The minimum absolute atomic E-state index is 0.0441. The minimum Gasteiger partial charge on any atom is -0.493 e. The van der Waals surface area contributed by atoms with E-state index in [2.05, 4.69) is 4.90 Å². The van der Waals surface area contributed by atoms with Crippen molar-refractivity contribution in [3.63, 3.8) is 0 Å². The molecule has 1 saturated heterocycles. The lowest BCUT2D eigenvalue weighted by molar-refractivity contribution is -0.127. The number of allylic oxidation sites excluding steroid dienone is 2. The van der Waals surface area contributed by atoms with E-state index in [4.69, 9.17) is 14.9 Å². The van der Waals surface area contributed by atoms with E-state index in [1.54, 1.807) is 26.4 Å². The summed E-state index contributed by atoms with van der Waals surface area (Å²) in [5, 5.41) is 7.95. The number of rotatable bonds is 6. The first-order valence-corrected chi connectivity index (χ1v) is 8.17. The molecule has 0 spiro atoms. The molecule has 1 amide bonds. The maximum Gasteiger partial charge on any atom is 0.246 e. The van der Waals surface area contributed by atoms with Gasteiger partial charge in [-0.15, -0.1) is 0 Å². The molecule has 1 aromatic rings. The van der Waals surface area contributed by atoms with Gasteiger partial charge >= 0.3 is 0 Å². The number of carbonyl (C=O) groups is 1. The van der Waals surface area contributed by atoms with Crippen LogP contribution >= 0.6 is 0 Å². The Labute approximate surface area is 148 Å². The van der Waals surface area contributed by atoms with Crippen LogP contribution in [0.3, 0.4) is 0 Å². The van der Waals surface area contributed by atoms with Gasteiger partial charge in [0.25, 0.3) is 0 Å². The second kappa shape index (κ2) is 9.03. The van der Waals surface area contributed by atoms with Crippen molar-refractivity contribution < 1.29 is 14.3 Å². The lowest BCUT2D eigenvalue weighted by Crippen LogP contribution is -2.46. The minimum atomic E-state index is -0.0441. The zero-order valence-electron chi connectivity index (χ0n) is 15.0. The van der Waals surface area contributed by atoms with Crippen molar-refractivity contribution in [1.29, 1.82) is 5.41 Å². The third-order valence-electron chi connectivity index (χ3n) is 4.08. The topological polar surface area (TPSA) is 65.9 Å². The number of nitrogens with one attached hydrogen (secondary N) is 1. The highest BCUT2D eigenvalue weighted by Gasteiger charge is 2.16. The summed E-state index contributed by atoms with van der Waals surface area (Å²) in [5.41, 5.74) is 1.15. The molecule has 1 aliphatic heterocycles. The summed E-state index contributed by atoms with van der Waals surface area (Å²) in [6.07, 6.45) is 6.44. The predicted molar refractivity (Wildman–Crippen MR) is 99.5 cm³/mol. The monoisotopic (exact) mass is 343 g/mol. The molecule has 25 heavy (non-hydrogen) atoms. The molecule has 2 rings (SSSR count). The van der Waals surface area contributed by atoms with E-state index in [0.717, 1.165) is 31.7 Å². The fourth-order valence-electron chi connectivity index (χ4n) is 2.49. The van der Waals surface area contributed by atoms with Gasteiger partial charge in [0.15, 0.2) is 11.5 Å². The van der Waals surface area contributed by atoms with Gasteiger partial charge in [-0.1, -0.05) is 12.1 Å². The van der Waals surface area contributed by atoms with Crippen LogP contribution in [0.25, 0.3) is 6.08 Å². The van der Waals surface area contributed by atoms with Gasteiger partial charge in [0.05, 0.1) is 19.9 Å². The van der Waals surface area contributed by atoms with E-state index in [1.807, 2.05) is 30.1 Å². The summed E-state index contributed by atoms with van der Waals surface area (Å²) in [5.74, 6) is 1.25. The van der Waals surface area contributed by atoms with Gasteiger partial charge in [0.2, 0.25) is 5.91 Å². The molecule has 6 nitrogen and oxygen atoms in total. The average molecular weight is 343 g/mol. The largest absolute Gasteiger partial charge is 0.493 e. The molecule has 0 saturated carbocycles. The standard InChI is InChI=1S/C19H25N3O3/c1-21-10-12-22(13-11-21)19(23)9-7-16(20)6-4-15-5-8-17(24-2)18(14-15)25-3/h4-9,14,20H,10-13H2,1-3H3/b6-4+,9-7+,20-16?. The summed E-state index contributed by atoms with van der Waals surface area (Å²) < 4.78 is 10.5. The molecule has 134 valence electrons. The molecule has 1 aromatic carbocycles. The summed E-state index contributed by atoms with van der Waals surface area (Å²) in [6.45, 7) is 3.23. The van der Waals surface area contributed by atoms with Crippen molar-refractivity contribution in [2.45, 2.75) is 0 Å². The highest BCUT2D eigenvalue weighted by atomic mass is 16.5. The first-order chi connectivity index (χ1) is 12.0. The quantitative estimate of drug-likeness (QED) is 0.634. The lowest BCUT2D eigenvalue weighted by atomic mass is 10.1. The summed E-state index contributed by atoms with van der Waals surface area (Å²) >= 11 is 0. The Balaban J connectivity index is 1.93. The Kier molecular flexibility index (Phi) is 6.77. The van der Waals surface area contributed by atoms with Gasteiger partial charge in [0, 0.05) is 32.3 Å². The molecule has 0 aliphatic carbocycles. The van der Waals surface area contributed by atoms with Crippen LogP contribution < -0.4 is 9.47 Å². The molecule has 1 aliphatic rings. The number of hydrogen-bond donors (Lipinski definition) is 1. The Hall–Kier alpha value is -2.60. The van der Waals surface area contributed by atoms with Crippen molar-refractivity contribution in [3.05, 3.63) is 42.0 Å². The molecule has 6 heteroatoms. The van der Waals surface area contributed by atoms with Crippen LogP contribution in [0.15, 0.2) is 36.4 Å². The molecule has 0 radical (unpaired) electrons. The van der Waals surface area contributed by atoms with Crippen LogP contribution in [-0.2, 0) is 4.79 Å². The van der Waals surface area contributed by atoms with Crippen molar-refractivity contribution in [3.8, 4) is 11.5 Å². The average Bonchev–Trinajstić information content (AvgIpc) is 2.64. The zero-order valence-corrected chi connectivity index (χ0v) is 15.0. The molecule has 1 heterocycles. The van der Waals surface area contributed by atoms with Crippen LogP contribution in [0.1, 0.15) is 5.56 Å². The maximum atomic E-state index is 12.1. The number of ether oxygens (including phenoxy) is 2. The number of nitrogens with zero attached hydrogens (tertiary/aromatic N) is 2. The Morgan fingerprint density at radius 1 is 1.04 bits per heavy atom. The normalized spacial score (nSPS) is 15.7. The van der Waals surface area contributed by atoms with Crippen LogP contribution in [0.5, 0.6) is 11.5 Å². The number of carbonyl (C=O) groups excluding carboxylic acids is 1. The summed E-state index contributed by atoms with van der Waals surface area (Å²) in [6, 6.07) is 5.53. The third kappa shape index (κ3) is 5.46. The van der Waals surface area contributed by atoms with Gasteiger partial charge in [0.1, 0.15) is 0 Å². The van der Waals surface area contributed by atoms with Gasteiger partial charge < -0.3 is 24.7 Å². The fourth-order valence-corrected chi connectivity index (χ4v) is 2.49. The van der Waals surface area contributed by atoms with Crippen molar-refractivity contribution in [1.82, 2.24) is 9.80 Å². The number of amides is 1. The second-order valence-corrected chi connectivity index (χ2v) is 5.86. The Morgan fingerprint density at radius 3 is 2.36 bits per heavy atom. The first kappa shape index (κ1) is 18.7. The third-order valence-corrected chi connectivity index (χ3v) is 4.08. The van der Waals surface area contributed by atoms with E-state index >= 15 is 0 Å². The molecule has 1 N–H and O–H groups in total. The van der Waals surface area contributed by atoms with Crippen LogP contribution in [-0.4, -0.2) is 68.9 Å². The number of piperazine rings is 1. The Morgan fingerprint density at radius 2 is 1.72 bits per heavy atom. The SMILES string of the molecule is COc1ccc(/C=C/C(=N)/C=C/C(=O)N2CCN(C)CC2)cc1OC. The van der Waals surface area contributed by atoms with E-state index in [9.17, 15) is 4.79 Å². The molecular weight excluding hydrogens is 318 g/mol. The molecule has 0 aromatic heterocycles. The molecule has 0 atom stereocenters. The molecular formula is C19H25N3O3. The maximum absolute atomic E-state index is 12.1. The predicted octanol–water partition coefficient (Wildman–Crippen LogP) is 2.07. The van der Waals surface area contributed by atoms with Crippen LogP contribution in [0, 0.1) is 5.41 Å². The highest BCUT2D eigenvalue weighted by molar-refractivity contribution is 6.07. The number of benzene rings is 1. The molecule has 0 bridgehead atoms.